The van der Waals surface area contributed by atoms with Crippen LogP contribution < -0.4 is 14.2 Å². The van der Waals surface area contributed by atoms with Crippen LogP contribution in [-0.4, -0.2) is 85.6 Å². The molecular weight excluding hydrogens is 456 g/mol. The number of carbonyl (C=O) groups is 1. The number of aliphatic hydroxyl groups excluding tert-OH is 4. The van der Waals surface area contributed by atoms with Gasteiger partial charge in [-0.25, -0.2) is 4.79 Å². The van der Waals surface area contributed by atoms with E-state index in [0.717, 1.165) is 6.07 Å². The standard InChI is InChI=1S/C22H24O12/c1-31-13-3-2-8(19-12(25)7-10-11(24)5-9(23)6-14(10)32-19)4-15(13)33-22-18(28)16(26)17(27)20(34-22)21(29)30/h2-6,12,16-20,22-28H,7H2,1H3,(H,29,30)/t12-,16+,17+,18-,19-,20+,22-/m1/s1. The zero-order valence-corrected chi connectivity index (χ0v) is 17.8. The van der Waals surface area contributed by atoms with Crippen molar-refractivity contribution in [2.45, 2.75) is 49.3 Å². The molecule has 0 radical (unpaired) electrons. The maximum Gasteiger partial charge on any atom is 0.335 e. The number of hydrogen-bond donors (Lipinski definition) is 7. The van der Waals surface area contributed by atoms with Crippen molar-refractivity contribution in [3.05, 3.63) is 41.5 Å². The van der Waals surface area contributed by atoms with E-state index >= 15 is 0 Å². The van der Waals surface area contributed by atoms with Gasteiger partial charge < -0.3 is 54.7 Å². The van der Waals surface area contributed by atoms with Crippen LogP contribution in [0.5, 0.6) is 28.7 Å². The zero-order valence-electron chi connectivity index (χ0n) is 17.8. The molecule has 7 N–H and O–H groups in total. The topological polar surface area (TPSA) is 196 Å². The van der Waals surface area contributed by atoms with Crippen molar-refractivity contribution >= 4 is 5.97 Å². The SMILES string of the molecule is COc1ccc([C@H]2Oc3cc(O)cc(O)c3C[C@H]2O)cc1O[C@@H]1O[C@H](C(=O)O)[C@@H](O)[C@H](O)[C@H]1O. The van der Waals surface area contributed by atoms with Crippen molar-refractivity contribution in [3.63, 3.8) is 0 Å². The van der Waals surface area contributed by atoms with Crippen molar-refractivity contribution in [3.8, 4) is 28.7 Å². The Bertz CT molecular complexity index is 1070. The van der Waals surface area contributed by atoms with Crippen molar-refractivity contribution < 1.29 is 59.5 Å². The first-order chi connectivity index (χ1) is 16.1. The Balaban J connectivity index is 1.63. The first-order valence-corrected chi connectivity index (χ1v) is 10.3. The molecule has 0 spiro atoms. The third-order valence-corrected chi connectivity index (χ3v) is 5.76. The van der Waals surface area contributed by atoms with Crippen LogP contribution in [0.2, 0.25) is 0 Å². The Morgan fingerprint density at radius 1 is 1.00 bits per heavy atom. The van der Waals surface area contributed by atoms with Crippen LogP contribution in [0.4, 0.5) is 0 Å². The molecular formula is C22H24O12. The molecule has 1 saturated heterocycles. The molecule has 34 heavy (non-hydrogen) atoms. The lowest BCUT2D eigenvalue weighted by molar-refractivity contribution is -0.271. The summed E-state index contributed by atoms with van der Waals surface area (Å²) >= 11 is 0. The highest BCUT2D eigenvalue weighted by molar-refractivity contribution is 5.73. The number of benzene rings is 2. The largest absolute Gasteiger partial charge is 0.508 e. The highest BCUT2D eigenvalue weighted by Gasteiger charge is 2.48. The highest BCUT2D eigenvalue weighted by atomic mass is 16.7. The lowest BCUT2D eigenvalue weighted by atomic mass is 9.94. The molecule has 2 aliphatic heterocycles. The van der Waals surface area contributed by atoms with Crippen LogP contribution >= 0.6 is 0 Å². The fourth-order valence-corrected chi connectivity index (χ4v) is 3.99. The summed E-state index contributed by atoms with van der Waals surface area (Å²) in [7, 11) is 1.34. The number of aliphatic carboxylic acids is 1. The van der Waals surface area contributed by atoms with E-state index in [-0.39, 0.29) is 35.2 Å². The Morgan fingerprint density at radius 2 is 1.74 bits per heavy atom. The maximum absolute atomic E-state index is 11.3. The van der Waals surface area contributed by atoms with Gasteiger partial charge in [0.2, 0.25) is 6.29 Å². The molecule has 7 atom stereocenters. The average Bonchev–Trinajstić information content (AvgIpc) is 2.79. The lowest BCUT2D eigenvalue weighted by Gasteiger charge is -2.38. The van der Waals surface area contributed by atoms with Crippen molar-refractivity contribution in [1.82, 2.24) is 0 Å². The Labute approximate surface area is 192 Å². The van der Waals surface area contributed by atoms with E-state index in [9.17, 15) is 40.5 Å². The fourth-order valence-electron chi connectivity index (χ4n) is 3.99. The number of phenols is 2. The number of rotatable bonds is 5. The second-order valence-corrected chi connectivity index (χ2v) is 8.01. The minimum atomic E-state index is -1.88. The number of aromatic hydroxyl groups is 2. The summed E-state index contributed by atoms with van der Waals surface area (Å²) in [5, 5.41) is 69.8. The van der Waals surface area contributed by atoms with Gasteiger partial charge in [-0.3, -0.25) is 0 Å². The molecule has 184 valence electrons. The number of fused-ring (bicyclic) bond motifs is 1. The number of carboxylic acids is 1. The minimum absolute atomic E-state index is 0.0304. The van der Waals surface area contributed by atoms with Gasteiger partial charge in [-0.05, 0) is 17.7 Å². The molecule has 0 aromatic heterocycles. The highest BCUT2D eigenvalue weighted by Crippen LogP contribution is 2.43. The molecule has 12 heteroatoms. The summed E-state index contributed by atoms with van der Waals surface area (Å²) in [6, 6.07) is 6.90. The Kier molecular flexibility index (Phi) is 6.43. The van der Waals surface area contributed by atoms with E-state index in [0.29, 0.717) is 11.1 Å². The average molecular weight is 480 g/mol. The molecule has 12 nitrogen and oxygen atoms in total. The molecule has 0 saturated carbocycles. The molecule has 4 rings (SSSR count). The van der Waals surface area contributed by atoms with Gasteiger partial charge in [-0.1, -0.05) is 6.07 Å². The maximum atomic E-state index is 11.3. The van der Waals surface area contributed by atoms with Crippen molar-refractivity contribution in [2.24, 2.45) is 0 Å². The normalized spacial score (nSPS) is 30.7. The predicted molar refractivity (Wildman–Crippen MR) is 111 cm³/mol. The molecule has 2 aromatic carbocycles. The van der Waals surface area contributed by atoms with Crippen molar-refractivity contribution in [2.75, 3.05) is 7.11 Å². The number of phenolic OH excluding ortho intramolecular Hbond substituents is 2. The van der Waals surface area contributed by atoms with Gasteiger partial charge in [0.25, 0.3) is 0 Å². The van der Waals surface area contributed by atoms with Crippen LogP contribution in [-0.2, 0) is 16.0 Å². The van der Waals surface area contributed by atoms with Crippen LogP contribution in [0.25, 0.3) is 0 Å². The van der Waals surface area contributed by atoms with Gasteiger partial charge in [0.15, 0.2) is 17.6 Å². The molecule has 2 aromatic rings. The summed E-state index contributed by atoms with van der Waals surface area (Å²) in [5.74, 6) is -1.69. The van der Waals surface area contributed by atoms with Gasteiger partial charge >= 0.3 is 5.97 Å². The molecule has 0 unspecified atom stereocenters. The van der Waals surface area contributed by atoms with Crippen LogP contribution in [0.3, 0.4) is 0 Å². The molecule has 2 aliphatic rings. The second kappa shape index (κ2) is 9.16. The van der Waals surface area contributed by atoms with Gasteiger partial charge in [-0.15, -0.1) is 0 Å². The van der Waals surface area contributed by atoms with E-state index in [1.165, 1.54) is 25.3 Å². The van der Waals surface area contributed by atoms with Gasteiger partial charge in [0.1, 0.15) is 41.7 Å². The number of hydrogen-bond acceptors (Lipinski definition) is 11. The lowest BCUT2D eigenvalue weighted by Crippen LogP contribution is -2.61. The van der Waals surface area contributed by atoms with E-state index in [1.54, 1.807) is 6.07 Å². The fraction of sp³-hybridized carbons (Fsp3) is 0.409. The second-order valence-electron chi connectivity index (χ2n) is 8.01. The van der Waals surface area contributed by atoms with E-state index in [1.807, 2.05) is 0 Å². The third kappa shape index (κ3) is 4.29. The predicted octanol–water partition coefficient (Wildman–Crippen LogP) is -0.586. The van der Waals surface area contributed by atoms with Crippen LogP contribution in [0.15, 0.2) is 30.3 Å². The van der Waals surface area contributed by atoms with Crippen molar-refractivity contribution in [1.29, 1.82) is 0 Å². The van der Waals surface area contributed by atoms with E-state index in [4.69, 9.17) is 18.9 Å². The summed E-state index contributed by atoms with van der Waals surface area (Å²) < 4.78 is 21.8. The number of carboxylic acid groups (broad SMARTS) is 1. The van der Waals surface area contributed by atoms with Crippen LogP contribution in [0.1, 0.15) is 17.2 Å². The first-order valence-electron chi connectivity index (χ1n) is 10.3. The number of aliphatic hydroxyl groups is 4. The smallest absolute Gasteiger partial charge is 0.335 e. The summed E-state index contributed by atoms with van der Waals surface area (Å²) in [6.45, 7) is 0. The summed E-state index contributed by atoms with van der Waals surface area (Å²) in [6.07, 6.45) is -11.0. The number of methoxy groups -OCH3 is 1. The van der Waals surface area contributed by atoms with Gasteiger partial charge in [-0.2, -0.15) is 0 Å². The van der Waals surface area contributed by atoms with E-state index in [2.05, 4.69) is 0 Å². The molecule has 0 aliphatic carbocycles. The van der Waals surface area contributed by atoms with Crippen LogP contribution in [0, 0.1) is 0 Å². The zero-order chi connectivity index (χ0) is 24.7. The summed E-state index contributed by atoms with van der Waals surface area (Å²) in [4.78, 5) is 11.3. The first kappa shape index (κ1) is 23.9. The monoisotopic (exact) mass is 480 g/mol. The molecule has 1 fully saturated rings. The Morgan fingerprint density at radius 3 is 2.41 bits per heavy atom. The van der Waals surface area contributed by atoms with Gasteiger partial charge in [0, 0.05) is 24.1 Å². The summed E-state index contributed by atoms with van der Waals surface area (Å²) in [5.41, 5.74) is 0.718. The Hall–Kier alpha value is -3.29. The molecule has 2 heterocycles. The van der Waals surface area contributed by atoms with Gasteiger partial charge in [0.05, 0.1) is 13.2 Å². The molecule has 0 amide bonds. The quantitative estimate of drug-likeness (QED) is 0.288. The molecule has 0 bridgehead atoms. The number of ether oxygens (including phenoxy) is 4. The van der Waals surface area contributed by atoms with E-state index < -0.39 is 48.9 Å². The third-order valence-electron chi connectivity index (χ3n) is 5.76. The minimum Gasteiger partial charge on any atom is -0.508 e.